The molecule has 0 unspecified atom stereocenters. The van der Waals surface area contributed by atoms with E-state index in [1.54, 1.807) is 6.92 Å². The van der Waals surface area contributed by atoms with Crippen LogP contribution in [-0.4, -0.2) is 50.6 Å². The molecule has 5 nitrogen and oxygen atoms in total. The lowest BCUT2D eigenvalue weighted by atomic mass is 10.2. The molecule has 0 aromatic heterocycles. The van der Waals surface area contributed by atoms with Gasteiger partial charge in [-0.05, 0) is 46.1 Å². The first-order valence-corrected chi connectivity index (χ1v) is 7.61. The summed E-state index contributed by atoms with van der Waals surface area (Å²) < 4.78 is 31.3. The van der Waals surface area contributed by atoms with Crippen molar-refractivity contribution >= 4 is 17.6 Å². The van der Waals surface area contributed by atoms with Crippen LogP contribution in [0.25, 0.3) is 0 Å². The molecule has 0 aliphatic rings. The van der Waals surface area contributed by atoms with Crippen LogP contribution in [-0.2, 0) is 14.3 Å². The molecule has 0 aliphatic carbocycles. The van der Waals surface area contributed by atoms with Crippen LogP contribution in [0.1, 0.15) is 13.3 Å². The van der Waals surface area contributed by atoms with E-state index in [1.807, 2.05) is 19.0 Å². The van der Waals surface area contributed by atoms with Crippen molar-refractivity contribution in [3.8, 4) is 0 Å². The summed E-state index contributed by atoms with van der Waals surface area (Å²) in [7, 11) is 3.79. The van der Waals surface area contributed by atoms with Crippen molar-refractivity contribution in [1.29, 1.82) is 0 Å². The zero-order valence-corrected chi connectivity index (χ0v) is 14.1. The largest absolute Gasteiger partial charge is 0.463 e. The molecule has 0 atom stereocenters. The molecular formula is C17H22F2N2O3. The fourth-order valence-corrected chi connectivity index (χ4v) is 1.98. The molecule has 132 valence electrons. The second-order valence-electron chi connectivity index (χ2n) is 5.33. The molecule has 1 aromatic carbocycles. The first-order valence-electron chi connectivity index (χ1n) is 7.61. The molecule has 0 spiro atoms. The Hall–Kier alpha value is -2.28. The van der Waals surface area contributed by atoms with Gasteiger partial charge in [0.15, 0.2) is 11.6 Å². The van der Waals surface area contributed by atoms with Crippen molar-refractivity contribution < 1.29 is 23.1 Å². The second-order valence-corrected chi connectivity index (χ2v) is 5.33. The number of halogens is 2. The third-order valence-electron chi connectivity index (χ3n) is 3.12. The highest BCUT2D eigenvalue weighted by Gasteiger charge is 2.16. The van der Waals surface area contributed by atoms with Gasteiger partial charge >= 0.3 is 5.97 Å². The van der Waals surface area contributed by atoms with Gasteiger partial charge < -0.3 is 14.5 Å². The molecular weight excluding hydrogens is 318 g/mol. The normalized spacial score (nSPS) is 11.1. The lowest BCUT2D eigenvalue weighted by molar-refractivity contribution is -0.137. The predicted molar refractivity (Wildman–Crippen MR) is 87.7 cm³/mol. The Bertz CT molecular complexity index is 603. The lowest BCUT2D eigenvalue weighted by Gasteiger charge is -2.22. The monoisotopic (exact) mass is 340 g/mol. The van der Waals surface area contributed by atoms with Crippen molar-refractivity contribution in [3.63, 3.8) is 0 Å². The molecule has 0 saturated heterocycles. The Morgan fingerprint density at radius 1 is 1.12 bits per heavy atom. The Kier molecular flexibility index (Phi) is 8.05. The predicted octanol–water partition coefficient (Wildman–Crippen LogP) is 2.37. The SMILES string of the molecule is CCOC(=O)/C=C/C(=O)N(CCCN(C)C)c1ccc(F)c(F)c1. The Balaban J connectivity index is 2.93. The minimum Gasteiger partial charge on any atom is -0.463 e. The van der Waals surface area contributed by atoms with Gasteiger partial charge in [-0.15, -0.1) is 0 Å². The summed E-state index contributed by atoms with van der Waals surface area (Å²) in [5, 5.41) is 0. The number of carbonyl (C=O) groups excluding carboxylic acids is 2. The lowest BCUT2D eigenvalue weighted by Crippen LogP contribution is -2.32. The van der Waals surface area contributed by atoms with E-state index in [0.29, 0.717) is 13.0 Å². The van der Waals surface area contributed by atoms with Crippen molar-refractivity contribution in [3.05, 3.63) is 42.0 Å². The van der Waals surface area contributed by atoms with E-state index in [2.05, 4.69) is 0 Å². The van der Waals surface area contributed by atoms with Crippen LogP contribution in [0.2, 0.25) is 0 Å². The Labute approximate surface area is 140 Å². The van der Waals surface area contributed by atoms with E-state index in [9.17, 15) is 18.4 Å². The minimum absolute atomic E-state index is 0.201. The summed E-state index contributed by atoms with van der Waals surface area (Å²) in [6.07, 6.45) is 2.71. The highest BCUT2D eigenvalue weighted by molar-refractivity contribution is 6.04. The van der Waals surface area contributed by atoms with E-state index < -0.39 is 23.5 Å². The quantitative estimate of drug-likeness (QED) is 0.538. The summed E-state index contributed by atoms with van der Waals surface area (Å²) in [5.41, 5.74) is 0.228. The number of anilines is 1. The topological polar surface area (TPSA) is 49.9 Å². The molecule has 1 rings (SSSR count). The molecule has 0 bridgehead atoms. The number of esters is 1. The number of nitrogens with zero attached hydrogens (tertiary/aromatic N) is 2. The fourth-order valence-electron chi connectivity index (χ4n) is 1.98. The van der Waals surface area contributed by atoms with Gasteiger partial charge in [0, 0.05) is 30.5 Å². The molecule has 7 heteroatoms. The van der Waals surface area contributed by atoms with E-state index in [0.717, 1.165) is 30.8 Å². The van der Waals surface area contributed by atoms with Gasteiger partial charge in [-0.3, -0.25) is 4.79 Å². The molecule has 1 aromatic rings. The standard InChI is InChI=1S/C17H22F2N2O3/c1-4-24-17(23)9-8-16(22)21(11-5-10-20(2)3)13-6-7-14(18)15(19)12-13/h6-9,12H,4-5,10-11H2,1-3H3/b9-8+. The maximum atomic E-state index is 13.5. The highest BCUT2D eigenvalue weighted by atomic mass is 19.2. The molecule has 0 aliphatic heterocycles. The summed E-state index contributed by atoms with van der Waals surface area (Å²) >= 11 is 0. The molecule has 0 fully saturated rings. The van der Waals surface area contributed by atoms with Gasteiger partial charge in [0.2, 0.25) is 0 Å². The summed E-state index contributed by atoms with van der Waals surface area (Å²) in [4.78, 5) is 26.9. The zero-order chi connectivity index (χ0) is 18.1. The first kappa shape index (κ1) is 19.8. The molecule has 1 amide bonds. The zero-order valence-electron chi connectivity index (χ0n) is 14.1. The summed E-state index contributed by atoms with van der Waals surface area (Å²) in [6, 6.07) is 3.25. The van der Waals surface area contributed by atoms with Gasteiger partial charge in [0.05, 0.1) is 6.61 Å². The van der Waals surface area contributed by atoms with E-state index in [1.165, 1.54) is 11.0 Å². The highest BCUT2D eigenvalue weighted by Crippen LogP contribution is 2.19. The van der Waals surface area contributed by atoms with Gasteiger partial charge in [0.1, 0.15) is 0 Å². The van der Waals surface area contributed by atoms with E-state index in [4.69, 9.17) is 4.74 Å². The number of rotatable bonds is 8. The Morgan fingerprint density at radius 3 is 2.42 bits per heavy atom. The van der Waals surface area contributed by atoms with Crippen LogP contribution in [0.5, 0.6) is 0 Å². The number of hydrogen-bond acceptors (Lipinski definition) is 4. The van der Waals surface area contributed by atoms with Crippen LogP contribution >= 0.6 is 0 Å². The van der Waals surface area contributed by atoms with Gasteiger partial charge in [-0.2, -0.15) is 0 Å². The van der Waals surface area contributed by atoms with Gasteiger partial charge in [-0.1, -0.05) is 0 Å². The van der Waals surface area contributed by atoms with E-state index >= 15 is 0 Å². The molecule has 0 saturated carbocycles. The van der Waals surface area contributed by atoms with Crippen LogP contribution in [0.4, 0.5) is 14.5 Å². The van der Waals surface area contributed by atoms with Crippen molar-refractivity contribution in [2.75, 3.05) is 38.7 Å². The average Bonchev–Trinajstić information content (AvgIpc) is 2.52. The summed E-state index contributed by atoms with van der Waals surface area (Å²) in [6.45, 7) is 2.87. The average molecular weight is 340 g/mol. The third-order valence-corrected chi connectivity index (χ3v) is 3.12. The van der Waals surface area contributed by atoms with Crippen LogP contribution in [0.3, 0.4) is 0 Å². The third kappa shape index (κ3) is 6.45. The molecule has 0 radical (unpaired) electrons. The first-order chi connectivity index (χ1) is 11.3. The number of amides is 1. The van der Waals surface area contributed by atoms with Crippen LogP contribution < -0.4 is 4.90 Å². The smallest absolute Gasteiger partial charge is 0.330 e. The van der Waals surface area contributed by atoms with Crippen molar-refractivity contribution in [2.45, 2.75) is 13.3 Å². The Morgan fingerprint density at radius 2 is 1.83 bits per heavy atom. The van der Waals surface area contributed by atoms with Gasteiger partial charge in [-0.25, -0.2) is 13.6 Å². The maximum absolute atomic E-state index is 13.5. The molecule has 0 N–H and O–H groups in total. The number of ether oxygens (including phenoxy) is 1. The number of benzene rings is 1. The second kappa shape index (κ2) is 9.77. The minimum atomic E-state index is -1.03. The number of carbonyl (C=O) groups is 2. The maximum Gasteiger partial charge on any atom is 0.330 e. The molecule has 0 heterocycles. The van der Waals surface area contributed by atoms with Crippen molar-refractivity contribution in [1.82, 2.24) is 4.90 Å². The molecule has 24 heavy (non-hydrogen) atoms. The number of hydrogen-bond donors (Lipinski definition) is 0. The van der Waals surface area contributed by atoms with Crippen molar-refractivity contribution in [2.24, 2.45) is 0 Å². The summed E-state index contributed by atoms with van der Waals surface area (Å²) in [5.74, 6) is -3.16. The van der Waals surface area contributed by atoms with Crippen LogP contribution in [0, 0.1) is 11.6 Å². The van der Waals surface area contributed by atoms with Crippen LogP contribution in [0.15, 0.2) is 30.4 Å². The van der Waals surface area contributed by atoms with E-state index in [-0.39, 0.29) is 12.3 Å². The fraction of sp³-hybridized carbons (Fsp3) is 0.412. The van der Waals surface area contributed by atoms with Gasteiger partial charge in [0.25, 0.3) is 5.91 Å².